The molecule has 0 amide bonds. The van der Waals surface area contributed by atoms with E-state index in [4.69, 9.17) is 4.74 Å². The molecule has 2 rings (SSSR count). The summed E-state index contributed by atoms with van der Waals surface area (Å²) in [6, 6.07) is 2.07. The van der Waals surface area contributed by atoms with Crippen molar-refractivity contribution in [1.82, 2.24) is 24.9 Å². The third kappa shape index (κ3) is 4.30. The molecular formula is C12H16N6OS. The first kappa shape index (κ1) is 14.4. The first-order valence-corrected chi connectivity index (χ1v) is 7.21. The van der Waals surface area contributed by atoms with E-state index in [1.165, 1.54) is 11.8 Å². The fourth-order valence-electron chi connectivity index (χ4n) is 1.31. The standard InChI is InChI=1S/C12H16N6OS/c1-3-6-13-9-16-10(19-4-2)18-12(17-9)20-11-14-7-5-8-15-11/h5,7-8H,3-4,6H2,1-2H3,(H,13,16,17,18). The zero-order valence-corrected chi connectivity index (χ0v) is 12.2. The monoisotopic (exact) mass is 292 g/mol. The fraction of sp³-hybridized carbons (Fsp3) is 0.417. The Balaban J connectivity index is 2.19. The van der Waals surface area contributed by atoms with E-state index in [1.807, 2.05) is 6.92 Å². The van der Waals surface area contributed by atoms with Crippen molar-refractivity contribution < 1.29 is 4.74 Å². The average Bonchev–Trinajstić information content (AvgIpc) is 2.46. The molecular weight excluding hydrogens is 276 g/mol. The first-order valence-electron chi connectivity index (χ1n) is 6.39. The molecule has 8 heteroatoms. The smallest absolute Gasteiger partial charge is 0.322 e. The summed E-state index contributed by atoms with van der Waals surface area (Å²) >= 11 is 1.27. The highest BCUT2D eigenvalue weighted by molar-refractivity contribution is 7.99. The highest BCUT2D eigenvalue weighted by atomic mass is 32.2. The molecule has 0 saturated carbocycles. The molecule has 0 aliphatic rings. The van der Waals surface area contributed by atoms with Crippen LogP contribution in [0.4, 0.5) is 5.95 Å². The van der Waals surface area contributed by atoms with E-state index < -0.39 is 0 Å². The van der Waals surface area contributed by atoms with Gasteiger partial charge in [-0.05, 0) is 31.2 Å². The number of nitrogens with one attached hydrogen (secondary N) is 1. The molecule has 0 bridgehead atoms. The lowest BCUT2D eigenvalue weighted by molar-refractivity contribution is 0.308. The Morgan fingerprint density at radius 1 is 1.10 bits per heavy atom. The van der Waals surface area contributed by atoms with Crippen LogP contribution in [0.5, 0.6) is 6.01 Å². The van der Waals surface area contributed by atoms with Crippen LogP contribution in [-0.2, 0) is 0 Å². The molecule has 106 valence electrons. The molecule has 2 heterocycles. The fourth-order valence-corrected chi connectivity index (χ4v) is 1.96. The predicted molar refractivity (Wildman–Crippen MR) is 75.9 cm³/mol. The molecule has 0 saturated heterocycles. The summed E-state index contributed by atoms with van der Waals surface area (Å²) in [4.78, 5) is 21.0. The van der Waals surface area contributed by atoms with Crippen LogP contribution >= 0.6 is 11.8 Å². The molecule has 0 aliphatic carbocycles. The maximum absolute atomic E-state index is 5.35. The minimum Gasteiger partial charge on any atom is -0.464 e. The van der Waals surface area contributed by atoms with Crippen LogP contribution in [0, 0.1) is 0 Å². The van der Waals surface area contributed by atoms with Crippen LogP contribution in [-0.4, -0.2) is 38.1 Å². The van der Waals surface area contributed by atoms with Gasteiger partial charge in [-0.25, -0.2) is 9.97 Å². The van der Waals surface area contributed by atoms with Crippen molar-refractivity contribution in [1.29, 1.82) is 0 Å². The summed E-state index contributed by atoms with van der Waals surface area (Å²) in [5.74, 6) is 0.503. The van der Waals surface area contributed by atoms with E-state index in [-0.39, 0.29) is 0 Å². The third-order valence-electron chi connectivity index (χ3n) is 2.13. The van der Waals surface area contributed by atoms with E-state index >= 15 is 0 Å². The lowest BCUT2D eigenvalue weighted by Gasteiger charge is -2.07. The SMILES string of the molecule is CCCNc1nc(OCC)nc(Sc2ncccn2)n1. The van der Waals surface area contributed by atoms with Gasteiger partial charge in [0.1, 0.15) is 0 Å². The molecule has 0 aliphatic heterocycles. The van der Waals surface area contributed by atoms with Crippen molar-refractivity contribution in [2.24, 2.45) is 0 Å². The highest BCUT2D eigenvalue weighted by Gasteiger charge is 2.09. The van der Waals surface area contributed by atoms with E-state index in [0.29, 0.717) is 28.9 Å². The van der Waals surface area contributed by atoms with Gasteiger partial charge in [0.15, 0.2) is 5.16 Å². The van der Waals surface area contributed by atoms with Crippen molar-refractivity contribution in [2.75, 3.05) is 18.5 Å². The number of aromatic nitrogens is 5. The van der Waals surface area contributed by atoms with Gasteiger partial charge >= 0.3 is 6.01 Å². The van der Waals surface area contributed by atoms with Crippen LogP contribution in [0.1, 0.15) is 20.3 Å². The summed E-state index contributed by atoms with van der Waals surface area (Å²) in [5, 5.41) is 4.22. The zero-order valence-electron chi connectivity index (χ0n) is 11.4. The quantitative estimate of drug-likeness (QED) is 0.776. The van der Waals surface area contributed by atoms with Gasteiger partial charge in [-0.15, -0.1) is 0 Å². The number of hydrogen-bond donors (Lipinski definition) is 1. The number of anilines is 1. The predicted octanol–water partition coefficient (Wildman–Crippen LogP) is 2.03. The topological polar surface area (TPSA) is 85.7 Å². The Labute approximate surface area is 121 Å². The maximum Gasteiger partial charge on any atom is 0.322 e. The second kappa shape index (κ2) is 7.59. The Hall–Kier alpha value is -1.96. The number of hydrogen-bond acceptors (Lipinski definition) is 8. The highest BCUT2D eigenvalue weighted by Crippen LogP contribution is 2.22. The van der Waals surface area contributed by atoms with Crippen LogP contribution in [0.2, 0.25) is 0 Å². The number of ether oxygens (including phenoxy) is 1. The van der Waals surface area contributed by atoms with Gasteiger partial charge in [-0.3, -0.25) is 0 Å². The van der Waals surface area contributed by atoms with Gasteiger partial charge in [0.05, 0.1) is 6.61 Å². The minimum atomic E-state index is 0.305. The van der Waals surface area contributed by atoms with Crippen LogP contribution in [0.25, 0.3) is 0 Å². The van der Waals surface area contributed by atoms with Crippen molar-refractivity contribution in [3.63, 3.8) is 0 Å². The van der Waals surface area contributed by atoms with Gasteiger partial charge in [0.2, 0.25) is 11.1 Å². The first-order chi connectivity index (χ1) is 9.81. The molecule has 0 spiro atoms. The van der Waals surface area contributed by atoms with Crippen molar-refractivity contribution in [2.45, 2.75) is 30.6 Å². The second-order valence-corrected chi connectivity index (χ2v) is 4.65. The van der Waals surface area contributed by atoms with Crippen LogP contribution in [0.3, 0.4) is 0 Å². The molecule has 0 radical (unpaired) electrons. The van der Waals surface area contributed by atoms with Crippen molar-refractivity contribution in [3.8, 4) is 6.01 Å². The maximum atomic E-state index is 5.35. The lowest BCUT2D eigenvalue weighted by Crippen LogP contribution is -2.08. The van der Waals surface area contributed by atoms with Gasteiger partial charge in [0.25, 0.3) is 0 Å². The number of nitrogens with zero attached hydrogens (tertiary/aromatic N) is 5. The van der Waals surface area contributed by atoms with Crippen LogP contribution < -0.4 is 10.1 Å². The number of rotatable bonds is 7. The van der Waals surface area contributed by atoms with Gasteiger partial charge < -0.3 is 10.1 Å². The molecule has 2 aromatic heterocycles. The second-order valence-electron chi connectivity index (χ2n) is 3.72. The molecule has 0 atom stereocenters. The summed E-state index contributed by atoms with van der Waals surface area (Å²) in [6.45, 7) is 5.26. The summed E-state index contributed by atoms with van der Waals surface area (Å²) in [6.07, 6.45) is 4.34. The van der Waals surface area contributed by atoms with Crippen molar-refractivity contribution >= 4 is 17.7 Å². The summed E-state index contributed by atoms with van der Waals surface area (Å²) in [5.41, 5.74) is 0. The molecule has 1 N–H and O–H groups in total. The molecule has 0 aromatic carbocycles. The Morgan fingerprint density at radius 3 is 2.60 bits per heavy atom. The van der Waals surface area contributed by atoms with Gasteiger partial charge in [-0.1, -0.05) is 6.92 Å². The molecule has 20 heavy (non-hydrogen) atoms. The average molecular weight is 292 g/mol. The van der Waals surface area contributed by atoms with E-state index in [9.17, 15) is 0 Å². The minimum absolute atomic E-state index is 0.305. The third-order valence-corrected chi connectivity index (χ3v) is 2.88. The Kier molecular flexibility index (Phi) is 5.48. The Morgan fingerprint density at radius 2 is 1.90 bits per heavy atom. The van der Waals surface area contributed by atoms with Gasteiger partial charge in [0, 0.05) is 18.9 Å². The van der Waals surface area contributed by atoms with E-state index in [1.54, 1.807) is 18.5 Å². The molecule has 7 nitrogen and oxygen atoms in total. The van der Waals surface area contributed by atoms with E-state index in [2.05, 4.69) is 37.2 Å². The molecule has 0 fully saturated rings. The largest absolute Gasteiger partial charge is 0.464 e. The zero-order chi connectivity index (χ0) is 14.2. The normalized spacial score (nSPS) is 10.3. The molecule has 0 unspecified atom stereocenters. The van der Waals surface area contributed by atoms with E-state index in [0.717, 1.165) is 13.0 Å². The Bertz CT molecular complexity index is 539. The van der Waals surface area contributed by atoms with Crippen molar-refractivity contribution in [3.05, 3.63) is 18.5 Å². The van der Waals surface area contributed by atoms with Crippen LogP contribution in [0.15, 0.2) is 28.8 Å². The van der Waals surface area contributed by atoms with Gasteiger partial charge in [-0.2, -0.15) is 15.0 Å². The summed E-state index contributed by atoms with van der Waals surface area (Å²) in [7, 11) is 0. The summed E-state index contributed by atoms with van der Waals surface area (Å²) < 4.78 is 5.35. The lowest BCUT2D eigenvalue weighted by atomic mass is 10.5. The molecule has 2 aromatic rings.